The maximum atomic E-state index is 11.2. The summed E-state index contributed by atoms with van der Waals surface area (Å²) in [6.07, 6.45) is 1.43. The third-order valence-corrected chi connectivity index (χ3v) is 2.21. The molecule has 19 heavy (non-hydrogen) atoms. The summed E-state index contributed by atoms with van der Waals surface area (Å²) in [5.41, 5.74) is 0.313. The molecule has 0 bridgehead atoms. The predicted octanol–water partition coefficient (Wildman–Crippen LogP) is 2.83. The van der Waals surface area contributed by atoms with Gasteiger partial charge in [0.05, 0.1) is 7.11 Å². The summed E-state index contributed by atoms with van der Waals surface area (Å²) < 4.78 is 15.0. The number of benzene rings is 1. The third-order valence-electron chi connectivity index (χ3n) is 2.21. The second-order valence-corrected chi connectivity index (χ2v) is 3.38. The summed E-state index contributed by atoms with van der Waals surface area (Å²) in [4.78, 5) is 25.0. The molecule has 96 valence electrons. The fraction of sp³-hybridized carbons (Fsp3) is 0.0769. The first-order chi connectivity index (χ1) is 9.24. The van der Waals surface area contributed by atoms with Gasteiger partial charge in [0.15, 0.2) is 5.75 Å². The van der Waals surface area contributed by atoms with E-state index in [0.29, 0.717) is 11.4 Å². The average Bonchev–Trinajstić information content (AvgIpc) is 2.89. The maximum absolute atomic E-state index is 11.2. The number of furan rings is 1. The van der Waals surface area contributed by atoms with E-state index in [9.17, 15) is 9.59 Å². The molecule has 1 heterocycles. The molecular weight excluding hydrogens is 250 g/mol. The molecule has 0 aliphatic carbocycles. The molecule has 0 unspecified atom stereocenters. The van der Waals surface area contributed by atoms with Crippen LogP contribution in [-0.2, 0) is 9.53 Å². The molecular formula is C13H9NO5. The molecule has 0 spiro atoms. The molecule has 6 heteroatoms. The molecule has 1 aromatic heterocycles. The van der Waals surface area contributed by atoms with Gasteiger partial charge in [0.25, 0.3) is 5.95 Å². The van der Waals surface area contributed by atoms with Gasteiger partial charge in [-0.25, -0.2) is 9.59 Å². The van der Waals surface area contributed by atoms with Crippen LogP contribution in [0.4, 0.5) is 5.69 Å². The lowest BCUT2D eigenvalue weighted by Crippen LogP contribution is -1.98. The zero-order chi connectivity index (χ0) is 13.7. The lowest BCUT2D eigenvalue weighted by atomic mass is 10.3. The Morgan fingerprint density at radius 2 is 2.05 bits per heavy atom. The van der Waals surface area contributed by atoms with Crippen LogP contribution in [0.3, 0.4) is 0 Å². The molecule has 0 aliphatic rings. The number of hydrogen-bond acceptors (Lipinski definition) is 6. The van der Waals surface area contributed by atoms with Gasteiger partial charge in [-0.15, -0.1) is 0 Å². The minimum absolute atomic E-state index is 0.0221. The van der Waals surface area contributed by atoms with Crippen LogP contribution >= 0.6 is 0 Å². The molecule has 0 aliphatic heterocycles. The van der Waals surface area contributed by atoms with Gasteiger partial charge in [-0.3, -0.25) is 0 Å². The van der Waals surface area contributed by atoms with Crippen LogP contribution in [0.2, 0.25) is 0 Å². The molecule has 1 aromatic carbocycles. The van der Waals surface area contributed by atoms with Crippen LogP contribution in [0.1, 0.15) is 10.6 Å². The monoisotopic (exact) mass is 259 g/mol. The van der Waals surface area contributed by atoms with Crippen molar-refractivity contribution in [2.45, 2.75) is 0 Å². The van der Waals surface area contributed by atoms with E-state index in [-0.39, 0.29) is 11.7 Å². The number of methoxy groups -OCH3 is 1. The van der Waals surface area contributed by atoms with Crippen LogP contribution in [0.15, 0.2) is 45.8 Å². The summed E-state index contributed by atoms with van der Waals surface area (Å²) in [5, 5.41) is 0. The van der Waals surface area contributed by atoms with Crippen LogP contribution in [0.5, 0.6) is 11.7 Å². The van der Waals surface area contributed by atoms with Gasteiger partial charge in [0.2, 0.25) is 11.8 Å². The van der Waals surface area contributed by atoms with E-state index < -0.39 is 5.97 Å². The Balaban J connectivity index is 2.24. The molecule has 6 nitrogen and oxygen atoms in total. The molecule has 0 fully saturated rings. The minimum Gasteiger partial charge on any atom is -0.463 e. The molecule has 0 N–H and O–H groups in total. The number of esters is 1. The fourth-order valence-corrected chi connectivity index (χ4v) is 1.38. The van der Waals surface area contributed by atoms with E-state index in [2.05, 4.69) is 9.73 Å². The van der Waals surface area contributed by atoms with Crippen molar-refractivity contribution in [3.05, 3.63) is 42.2 Å². The average molecular weight is 259 g/mol. The van der Waals surface area contributed by atoms with Gasteiger partial charge in [-0.2, -0.15) is 4.99 Å². The van der Waals surface area contributed by atoms with Crippen molar-refractivity contribution >= 4 is 17.7 Å². The van der Waals surface area contributed by atoms with Gasteiger partial charge in [0.1, 0.15) is 5.69 Å². The molecule has 0 amide bonds. The number of hydrogen-bond donors (Lipinski definition) is 0. The van der Waals surface area contributed by atoms with Gasteiger partial charge in [-0.1, -0.05) is 12.1 Å². The van der Waals surface area contributed by atoms with Crippen molar-refractivity contribution in [2.24, 2.45) is 4.99 Å². The van der Waals surface area contributed by atoms with Gasteiger partial charge < -0.3 is 13.9 Å². The largest absolute Gasteiger partial charge is 0.463 e. The molecule has 0 saturated heterocycles. The Morgan fingerprint density at radius 3 is 2.79 bits per heavy atom. The maximum Gasteiger partial charge on any atom is 0.374 e. The Hall–Kier alpha value is -2.85. The van der Waals surface area contributed by atoms with Crippen LogP contribution in [0, 0.1) is 0 Å². The van der Waals surface area contributed by atoms with Crippen molar-refractivity contribution in [2.75, 3.05) is 7.11 Å². The highest BCUT2D eigenvalue weighted by Gasteiger charge is 2.13. The normalized spacial score (nSPS) is 9.53. The van der Waals surface area contributed by atoms with Gasteiger partial charge >= 0.3 is 5.97 Å². The van der Waals surface area contributed by atoms with E-state index in [1.54, 1.807) is 24.3 Å². The third kappa shape index (κ3) is 2.88. The number of carbonyl (C=O) groups is 1. The van der Waals surface area contributed by atoms with Gasteiger partial charge in [-0.05, 0) is 18.2 Å². The van der Waals surface area contributed by atoms with Gasteiger partial charge in [0, 0.05) is 6.07 Å². The van der Waals surface area contributed by atoms with E-state index in [0.717, 1.165) is 0 Å². The van der Waals surface area contributed by atoms with Crippen molar-refractivity contribution in [1.29, 1.82) is 0 Å². The lowest BCUT2D eigenvalue weighted by Gasteiger charge is -2.03. The standard InChI is InChI=1S/C13H9NO5/c1-17-13(16)11-6-7-12(19-11)18-10-5-3-2-4-9(10)14-8-15/h2-7H,1H3. The Bertz CT molecular complexity index is 640. The first kappa shape index (κ1) is 12.6. The number of ether oxygens (including phenoxy) is 2. The van der Waals surface area contributed by atoms with Crippen LogP contribution in [0.25, 0.3) is 0 Å². The number of aliphatic imine (C=N–C) groups is 1. The number of nitrogens with zero attached hydrogens (tertiary/aromatic N) is 1. The van der Waals surface area contributed by atoms with E-state index in [1.165, 1.54) is 25.3 Å². The number of carbonyl (C=O) groups excluding carboxylic acids is 2. The molecule has 0 radical (unpaired) electrons. The Kier molecular flexibility index (Phi) is 3.75. The summed E-state index contributed by atoms with van der Waals surface area (Å²) in [6, 6.07) is 9.50. The summed E-state index contributed by atoms with van der Waals surface area (Å²) in [7, 11) is 1.25. The SMILES string of the molecule is COC(=O)c1ccc(Oc2ccccc2N=C=O)o1. The Morgan fingerprint density at radius 1 is 1.26 bits per heavy atom. The smallest absolute Gasteiger partial charge is 0.374 e. The number of rotatable bonds is 4. The predicted molar refractivity (Wildman–Crippen MR) is 64.3 cm³/mol. The summed E-state index contributed by atoms with van der Waals surface area (Å²) in [6.45, 7) is 0. The number of para-hydroxylation sites is 2. The Labute approximate surface area is 108 Å². The molecule has 2 aromatic rings. The van der Waals surface area contributed by atoms with Crippen LogP contribution in [-0.4, -0.2) is 19.2 Å². The highest BCUT2D eigenvalue weighted by atomic mass is 16.6. The van der Waals surface area contributed by atoms with E-state index in [4.69, 9.17) is 9.15 Å². The van der Waals surface area contributed by atoms with Crippen LogP contribution < -0.4 is 4.74 Å². The van der Waals surface area contributed by atoms with Crippen molar-refractivity contribution in [1.82, 2.24) is 0 Å². The molecule has 0 atom stereocenters. The van der Waals surface area contributed by atoms with E-state index >= 15 is 0 Å². The highest BCUT2D eigenvalue weighted by Crippen LogP contribution is 2.32. The quantitative estimate of drug-likeness (QED) is 0.479. The molecule has 0 saturated carbocycles. The zero-order valence-corrected chi connectivity index (χ0v) is 9.95. The second-order valence-electron chi connectivity index (χ2n) is 3.38. The fourth-order valence-electron chi connectivity index (χ4n) is 1.38. The first-order valence-corrected chi connectivity index (χ1v) is 5.27. The highest BCUT2D eigenvalue weighted by molar-refractivity contribution is 5.86. The first-order valence-electron chi connectivity index (χ1n) is 5.27. The van der Waals surface area contributed by atoms with Crippen molar-refractivity contribution in [3.8, 4) is 11.7 Å². The summed E-state index contributed by atoms with van der Waals surface area (Å²) in [5.74, 6) is -0.173. The number of isocyanates is 1. The second kappa shape index (κ2) is 5.66. The molecule has 2 rings (SSSR count). The summed E-state index contributed by atoms with van der Waals surface area (Å²) >= 11 is 0. The minimum atomic E-state index is -0.603. The van der Waals surface area contributed by atoms with Crippen molar-refractivity contribution < 1.29 is 23.5 Å². The van der Waals surface area contributed by atoms with Crippen molar-refractivity contribution in [3.63, 3.8) is 0 Å². The van der Waals surface area contributed by atoms with E-state index in [1.807, 2.05) is 0 Å². The zero-order valence-electron chi connectivity index (χ0n) is 9.95. The topological polar surface area (TPSA) is 78.1 Å². The lowest BCUT2D eigenvalue weighted by molar-refractivity contribution is 0.0560.